The molecule has 6 nitrogen and oxygen atoms in total. The first-order valence-corrected chi connectivity index (χ1v) is 7.36. The molecule has 1 heterocycles. The number of nitrogens with zero attached hydrogens (tertiary/aromatic N) is 3. The van der Waals surface area contributed by atoms with Crippen LogP contribution in [0.2, 0.25) is 0 Å². The molecule has 0 radical (unpaired) electrons. The SMILES string of the molecule is CCCNc1nc(Nc2ccccc2I)nc(OC)n1. The Morgan fingerprint density at radius 3 is 2.60 bits per heavy atom. The number of para-hydroxylation sites is 1. The maximum atomic E-state index is 5.10. The summed E-state index contributed by atoms with van der Waals surface area (Å²) >= 11 is 2.26. The highest BCUT2D eigenvalue weighted by Crippen LogP contribution is 2.21. The van der Waals surface area contributed by atoms with Gasteiger partial charge in [0.1, 0.15) is 0 Å². The molecular weight excluding hydrogens is 369 g/mol. The minimum Gasteiger partial charge on any atom is -0.467 e. The monoisotopic (exact) mass is 385 g/mol. The molecule has 1 aromatic carbocycles. The third-order valence-electron chi connectivity index (χ3n) is 2.45. The van der Waals surface area contributed by atoms with E-state index < -0.39 is 0 Å². The molecule has 0 saturated carbocycles. The van der Waals surface area contributed by atoms with Crippen molar-refractivity contribution in [1.29, 1.82) is 0 Å². The lowest BCUT2D eigenvalue weighted by atomic mass is 10.3. The van der Waals surface area contributed by atoms with Crippen molar-refractivity contribution in [1.82, 2.24) is 15.0 Å². The van der Waals surface area contributed by atoms with Gasteiger partial charge in [0.2, 0.25) is 11.9 Å². The number of rotatable bonds is 6. The molecule has 20 heavy (non-hydrogen) atoms. The maximum absolute atomic E-state index is 5.10. The van der Waals surface area contributed by atoms with E-state index in [4.69, 9.17) is 4.74 Å². The lowest BCUT2D eigenvalue weighted by Gasteiger charge is -2.10. The van der Waals surface area contributed by atoms with Crippen LogP contribution >= 0.6 is 22.6 Å². The molecule has 0 atom stereocenters. The minimum absolute atomic E-state index is 0.284. The molecule has 0 aliphatic rings. The van der Waals surface area contributed by atoms with Gasteiger partial charge in [0.25, 0.3) is 0 Å². The van der Waals surface area contributed by atoms with E-state index in [1.54, 1.807) is 0 Å². The molecule has 2 aromatic rings. The molecule has 2 N–H and O–H groups in total. The molecule has 0 spiro atoms. The first-order valence-electron chi connectivity index (χ1n) is 6.28. The largest absolute Gasteiger partial charge is 0.467 e. The molecule has 0 amide bonds. The Kier molecular flexibility index (Phi) is 5.33. The van der Waals surface area contributed by atoms with E-state index in [0.717, 1.165) is 22.2 Å². The summed E-state index contributed by atoms with van der Waals surface area (Å²) in [7, 11) is 1.54. The van der Waals surface area contributed by atoms with E-state index in [-0.39, 0.29) is 6.01 Å². The number of ether oxygens (including phenoxy) is 1. The van der Waals surface area contributed by atoms with E-state index in [0.29, 0.717) is 11.9 Å². The van der Waals surface area contributed by atoms with Gasteiger partial charge in [-0.2, -0.15) is 15.0 Å². The molecule has 7 heteroatoms. The van der Waals surface area contributed by atoms with Crippen molar-refractivity contribution >= 4 is 40.2 Å². The van der Waals surface area contributed by atoms with Gasteiger partial charge in [0, 0.05) is 10.1 Å². The summed E-state index contributed by atoms with van der Waals surface area (Å²) in [6.07, 6.45) is 0.993. The molecule has 0 fully saturated rings. The Morgan fingerprint density at radius 2 is 1.90 bits per heavy atom. The molecule has 0 bridgehead atoms. The van der Waals surface area contributed by atoms with Crippen LogP contribution in [-0.4, -0.2) is 28.6 Å². The highest BCUT2D eigenvalue weighted by atomic mass is 127. The molecule has 2 rings (SSSR count). The second kappa shape index (κ2) is 7.22. The summed E-state index contributed by atoms with van der Waals surface area (Å²) in [5, 5.41) is 6.30. The van der Waals surface area contributed by atoms with Gasteiger partial charge in [0.05, 0.1) is 12.8 Å². The smallest absolute Gasteiger partial charge is 0.322 e. The Bertz CT molecular complexity index is 578. The van der Waals surface area contributed by atoms with Crippen molar-refractivity contribution in [2.75, 3.05) is 24.3 Å². The van der Waals surface area contributed by atoms with Crippen LogP contribution in [-0.2, 0) is 0 Å². The van der Waals surface area contributed by atoms with Crippen molar-refractivity contribution < 1.29 is 4.74 Å². The molecule has 1 aromatic heterocycles. The summed E-state index contributed by atoms with van der Waals surface area (Å²) < 4.78 is 6.19. The number of anilines is 3. The van der Waals surface area contributed by atoms with Crippen molar-refractivity contribution in [2.45, 2.75) is 13.3 Å². The van der Waals surface area contributed by atoms with Gasteiger partial charge in [-0.25, -0.2) is 0 Å². The van der Waals surface area contributed by atoms with E-state index >= 15 is 0 Å². The van der Waals surface area contributed by atoms with Gasteiger partial charge in [-0.15, -0.1) is 0 Å². The van der Waals surface area contributed by atoms with Gasteiger partial charge in [-0.1, -0.05) is 19.1 Å². The van der Waals surface area contributed by atoms with Crippen molar-refractivity contribution in [2.24, 2.45) is 0 Å². The summed E-state index contributed by atoms with van der Waals surface area (Å²) in [4.78, 5) is 12.7. The summed E-state index contributed by atoms with van der Waals surface area (Å²) in [6.45, 7) is 2.88. The van der Waals surface area contributed by atoms with E-state index in [1.165, 1.54) is 7.11 Å². The van der Waals surface area contributed by atoms with Crippen LogP contribution in [0.4, 0.5) is 17.6 Å². The number of nitrogens with one attached hydrogen (secondary N) is 2. The Hall–Kier alpha value is -1.64. The highest BCUT2D eigenvalue weighted by Gasteiger charge is 2.08. The topological polar surface area (TPSA) is 72.0 Å². The van der Waals surface area contributed by atoms with Crippen LogP contribution in [0.1, 0.15) is 13.3 Å². The van der Waals surface area contributed by atoms with E-state index in [1.807, 2.05) is 24.3 Å². The average molecular weight is 385 g/mol. The zero-order valence-corrected chi connectivity index (χ0v) is 13.5. The van der Waals surface area contributed by atoms with E-state index in [9.17, 15) is 0 Å². The minimum atomic E-state index is 0.284. The Morgan fingerprint density at radius 1 is 1.15 bits per heavy atom. The number of aromatic nitrogens is 3. The van der Waals surface area contributed by atoms with Crippen molar-refractivity contribution in [3.8, 4) is 6.01 Å². The van der Waals surface area contributed by atoms with E-state index in [2.05, 4.69) is 55.1 Å². The number of benzene rings is 1. The molecule has 106 valence electrons. The van der Waals surface area contributed by atoms with Gasteiger partial charge in [-0.05, 0) is 41.1 Å². The van der Waals surface area contributed by atoms with Gasteiger partial charge < -0.3 is 15.4 Å². The van der Waals surface area contributed by atoms with Gasteiger partial charge in [-0.3, -0.25) is 0 Å². The number of hydrogen-bond donors (Lipinski definition) is 2. The molecule has 0 aliphatic heterocycles. The van der Waals surface area contributed by atoms with Crippen molar-refractivity contribution in [3.63, 3.8) is 0 Å². The zero-order valence-electron chi connectivity index (χ0n) is 11.4. The average Bonchev–Trinajstić information content (AvgIpc) is 2.47. The number of halogens is 1. The fourth-order valence-electron chi connectivity index (χ4n) is 1.50. The summed E-state index contributed by atoms with van der Waals surface area (Å²) in [5.74, 6) is 0.965. The second-order valence-electron chi connectivity index (χ2n) is 4.00. The van der Waals surface area contributed by atoms with Gasteiger partial charge >= 0.3 is 6.01 Å². The zero-order chi connectivity index (χ0) is 14.4. The summed E-state index contributed by atoms with van der Waals surface area (Å²) in [6, 6.07) is 8.20. The van der Waals surface area contributed by atoms with Crippen LogP contribution in [0.5, 0.6) is 6.01 Å². The second-order valence-corrected chi connectivity index (χ2v) is 5.16. The first kappa shape index (κ1) is 14.8. The standard InChI is InChI=1S/C13H16IN5O/c1-3-8-15-11-17-12(19-13(18-11)20-2)16-10-7-5-4-6-9(10)14/h4-7H,3,8H2,1-2H3,(H2,15,16,17,18,19). The first-order chi connectivity index (χ1) is 9.72. The Balaban J connectivity index is 2.24. The number of hydrogen-bond acceptors (Lipinski definition) is 6. The molecule has 0 unspecified atom stereocenters. The van der Waals surface area contributed by atoms with Crippen LogP contribution < -0.4 is 15.4 Å². The highest BCUT2D eigenvalue weighted by molar-refractivity contribution is 14.1. The third-order valence-corrected chi connectivity index (χ3v) is 3.39. The van der Waals surface area contributed by atoms with Crippen LogP contribution in [0, 0.1) is 3.57 Å². The maximum Gasteiger partial charge on any atom is 0.322 e. The van der Waals surface area contributed by atoms with Crippen LogP contribution in [0.3, 0.4) is 0 Å². The summed E-state index contributed by atoms with van der Waals surface area (Å²) in [5.41, 5.74) is 0.947. The lowest BCUT2D eigenvalue weighted by molar-refractivity contribution is 0.379. The fraction of sp³-hybridized carbons (Fsp3) is 0.308. The predicted molar refractivity (Wildman–Crippen MR) is 87.6 cm³/mol. The number of methoxy groups -OCH3 is 1. The predicted octanol–water partition coefficient (Wildman–Crippen LogP) is 3.05. The molecule has 0 aliphatic carbocycles. The molecule has 0 saturated heterocycles. The van der Waals surface area contributed by atoms with Crippen molar-refractivity contribution in [3.05, 3.63) is 27.8 Å². The normalized spacial score (nSPS) is 10.2. The Labute approximate surface area is 131 Å². The fourth-order valence-corrected chi connectivity index (χ4v) is 2.02. The molecular formula is C13H16IN5O. The van der Waals surface area contributed by atoms with Crippen LogP contribution in [0.25, 0.3) is 0 Å². The van der Waals surface area contributed by atoms with Gasteiger partial charge in [0.15, 0.2) is 0 Å². The lowest BCUT2D eigenvalue weighted by Crippen LogP contribution is -2.09. The third kappa shape index (κ3) is 3.92. The quantitative estimate of drug-likeness (QED) is 0.745. The van der Waals surface area contributed by atoms with Crippen LogP contribution in [0.15, 0.2) is 24.3 Å².